The highest BCUT2D eigenvalue weighted by molar-refractivity contribution is 5.59. The smallest absolute Gasteiger partial charge is 0.0399 e. The van der Waals surface area contributed by atoms with Crippen molar-refractivity contribution in [2.75, 3.05) is 18.5 Å². The lowest BCUT2D eigenvalue weighted by molar-refractivity contribution is 0.739. The monoisotopic (exact) mass is 203 g/mol. The minimum Gasteiger partial charge on any atom is -0.374 e. The predicted molar refractivity (Wildman–Crippen MR) is 66.9 cm³/mol. The molecular formula is C14H21N. The van der Waals surface area contributed by atoms with Gasteiger partial charge in [0.15, 0.2) is 0 Å². The van der Waals surface area contributed by atoms with Gasteiger partial charge in [0, 0.05) is 19.3 Å². The van der Waals surface area contributed by atoms with Crippen LogP contribution in [-0.4, -0.2) is 13.6 Å². The van der Waals surface area contributed by atoms with Crippen LogP contribution in [0.15, 0.2) is 12.1 Å². The third-order valence-electron chi connectivity index (χ3n) is 3.44. The number of hydrogen-bond donors (Lipinski definition) is 0. The number of rotatable bonds is 1. The van der Waals surface area contributed by atoms with Gasteiger partial charge in [0.1, 0.15) is 0 Å². The van der Waals surface area contributed by atoms with Crippen molar-refractivity contribution >= 4 is 5.69 Å². The van der Waals surface area contributed by atoms with Gasteiger partial charge in [0.05, 0.1) is 0 Å². The second-order valence-electron chi connectivity index (χ2n) is 5.02. The standard InChI is InChI=1S/C14H21N/c1-10(2)13-9-14-12(8-11(13)3)6-5-7-15(14)4/h8-10H,5-7H2,1-4H3. The van der Waals surface area contributed by atoms with Crippen molar-refractivity contribution in [3.05, 3.63) is 28.8 Å². The zero-order valence-electron chi connectivity index (χ0n) is 10.3. The van der Waals surface area contributed by atoms with Crippen LogP contribution in [0.25, 0.3) is 0 Å². The van der Waals surface area contributed by atoms with Crippen LogP contribution >= 0.6 is 0 Å². The second-order valence-corrected chi connectivity index (χ2v) is 5.02. The molecule has 0 aliphatic carbocycles. The topological polar surface area (TPSA) is 3.24 Å². The molecule has 0 spiro atoms. The Labute approximate surface area is 93.1 Å². The van der Waals surface area contributed by atoms with Crippen molar-refractivity contribution < 1.29 is 0 Å². The van der Waals surface area contributed by atoms with Crippen LogP contribution in [0.3, 0.4) is 0 Å². The molecule has 0 N–H and O–H groups in total. The fraction of sp³-hybridized carbons (Fsp3) is 0.571. The van der Waals surface area contributed by atoms with Gasteiger partial charge in [-0.1, -0.05) is 19.9 Å². The lowest BCUT2D eigenvalue weighted by atomic mass is 9.91. The van der Waals surface area contributed by atoms with Gasteiger partial charge in [-0.2, -0.15) is 0 Å². The number of anilines is 1. The molecule has 2 rings (SSSR count). The van der Waals surface area contributed by atoms with E-state index in [1.165, 1.54) is 41.8 Å². The van der Waals surface area contributed by atoms with Gasteiger partial charge >= 0.3 is 0 Å². The zero-order chi connectivity index (χ0) is 11.0. The fourth-order valence-electron chi connectivity index (χ4n) is 2.58. The maximum Gasteiger partial charge on any atom is 0.0399 e. The van der Waals surface area contributed by atoms with E-state index in [9.17, 15) is 0 Å². The molecule has 15 heavy (non-hydrogen) atoms. The van der Waals surface area contributed by atoms with Crippen molar-refractivity contribution in [1.82, 2.24) is 0 Å². The van der Waals surface area contributed by atoms with Gasteiger partial charge in [-0.05, 0) is 48.4 Å². The molecule has 1 nitrogen and oxygen atoms in total. The van der Waals surface area contributed by atoms with Crippen molar-refractivity contribution in [3.8, 4) is 0 Å². The van der Waals surface area contributed by atoms with Crippen molar-refractivity contribution in [2.45, 2.75) is 39.5 Å². The Kier molecular flexibility index (Phi) is 2.72. The zero-order valence-corrected chi connectivity index (χ0v) is 10.3. The van der Waals surface area contributed by atoms with Crippen LogP contribution in [0.2, 0.25) is 0 Å². The van der Waals surface area contributed by atoms with Gasteiger partial charge < -0.3 is 4.90 Å². The molecule has 82 valence electrons. The first kappa shape index (κ1) is 10.5. The van der Waals surface area contributed by atoms with Crippen molar-refractivity contribution in [3.63, 3.8) is 0 Å². The summed E-state index contributed by atoms with van der Waals surface area (Å²) in [4.78, 5) is 2.39. The average molecular weight is 203 g/mol. The van der Waals surface area contributed by atoms with Crippen LogP contribution in [0.5, 0.6) is 0 Å². The Hall–Kier alpha value is -0.980. The molecule has 0 bridgehead atoms. The van der Waals surface area contributed by atoms with Gasteiger partial charge in [0.25, 0.3) is 0 Å². The number of fused-ring (bicyclic) bond motifs is 1. The minimum absolute atomic E-state index is 0.630. The van der Waals surface area contributed by atoms with E-state index in [2.05, 4.69) is 44.9 Å². The first-order valence-corrected chi connectivity index (χ1v) is 5.94. The van der Waals surface area contributed by atoms with E-state index in [1.54, 1.807) is 0 Å². The Balaban J connectivity index is 2.50. The number of nitrogens with zero attached hydrogens (tertiary/aromatic N) is 1. The van der Waals surface area contributed by atoms with E-state index in [-0.39, 0.29) is 0 Å². The van der Waals surface area contributed by atoms with Crippen LogP contribution < -0.4 is 4.90 Å². The van der Waals surface area contributed by atoms with Crippen LogP contribution in [-0.2, 0) is 6.42 Å². The molecule has 1 heterocycles. The van der Waals surface area contributed by atoms with E-state index < -0.39 is 0 Å². The summed E-state index contributed by atoms with van der Waals surface area (Å²) < 4.78 is 0. The van der Waals surface area contributed by atoms with Gasteiger partial charge in [0.2, 0.25) is 0 Å². The first-order valence-electron chi connectivity index (χ1n) is 5.94. The van der Waals surface area contributed by atoms with Gasteiger partial charge in [-0.25, -0.2) is 0 Å². The lowest BCUT2D eigenvalue weighted by Gasteiger charge is -2.29. The molecule has 0 fully saturated rings. The molecule has 1 aromatic carbocycles. The van der Waals surface area contributed by atoms with Crippen LogP contribution in [0, 0.1) is 6.92 Å². The highest BCUT2D eigenvalue weighted by atomic mass is 15.1. The number of hydrogen-bond acceptors (Lipinski definition) is 1. The Bertz CT molecular complexity index is 366. The normalized spacial score (nSPS) is 15.7. The van der Waals surface area contributed by atoms with E-state index >= 15 is 0 Å². The third kappa shape index (κ3) is 1.88. The van der Waals surface area contributed by atoms with Crippen LogP contribution in [0.4, 0.5) is 5.69 Å². The molecule has 0 radical (unpaired) electrons. The fourth-order valence-corrected chi connectivity index (χ4v) is 2.58. The second kappa shape index (κ2) is 3.88. The summed E-state index contributed by atoms with van der Waals surface area (Å²) in [6.07, 6.45) is 2.54. The number of aryl methyl sites for hydroxylation is 2. The third-order valence-corrected chi connectivity index (χ3v) is 3.44. The lowest BCUT2D eigenvalue weighted by Crippen LogP contribution is -2.25. The van der Waals surface area contributed by atoms with E-state index in [1.807, 2.05) is 0 Å². The molecule has 1 aliphatic heterocycles. The summed E-state index contributed by atoms with van der Waals surface area (Å²) >= 11 is 0. The van der Waals surface area contributed by atoms with Gasteiger partial charge in [-0.15, -0.1) is 0 Å². The quantitative estimate of drug-likeness (QED) is 0.675. The Morgan fingerprint density at radius 3 is 2.67 bits per heavy atom. The predicted octanol–water partition coefficient (Wildman–Crippen LogP) is 3.50. The molecule has 0 atom stereocenters. The summed E-state index contributed by atoms with van der Waals surface area (Å²) in [5, 5.41) is 0. The van der Waals surface area contributed by atoms with E-state index in [4.69, 9.17) is 0 Å². The molecule has 0 unspecified atom stereocenters. The Morgan fingerprint density at radius 1 is 1.27 bits per heavy atom. The first-order chi connectivity index (χ1) is 7.09. The Morgan fingerprint density at radius 2 is 2.00 bits per heavy atom. The van der Waals surface area contributed by atoms with Crippen molar-refractivity contribution in [2.24, 2.45) is 0 Å². The van der Waals surface area contributed by atoms with E-state index in [0.717, 1.165) is 0 Å². The van der Waals surface area contributed by atoms with Crippen LogP contribution in [0.1, 0.15) is 42.9 Å². The summed E-state index contributed by atoms with van der Waals surface area (Å²) in [5.74, 6) is 0.630. The SMILES string of the molecule is Cc1cc2c(cc1C(C)C)N(C)CCC2. The minimum atomic E-state index is 0.630. The number of benzene rings is 1. The molecule has 1 aromatic rings. The largest absolute Gasteiger partial charge is 0.374 e. The average Bonchev–Trinajstić information content (AvgIpc) is 2.16. The highest BCUT2D eigenvalue weighted by Crippen LogP contribution is 2.31. The summed E-state index contributed by atoms with van der Waals surface area (Å²) in [5.41, 5.74) is 5.95. The molecule has 1 heteroatoms. The maximum absolute atomic E-state index is 2.40. The van der Waals surface area contributed by atoms with Crippen molar-refractivity contribution in [1.29, 1.82) is 0 Å². The molecule has 0 saturated carbocycles. The molecule has 0 saturated heterocycles. The maximum atomic E-state index is 2.40. The summed E-state index contributed by atoms with van der Waals surface area (Å²) in [6, 6.07) is 4.79. The van der Waals surface area contributed by atoms with E-state index in [0.29, 0.717) is 5.92 Å². The molecule has 1 aliphatic rings. The van der Waals surface area contributed by atoms with Gasteiger partial charge in [-0.3, -0.25) is 0 Å². The molecule has 0 amide bonds. The summed E-state index contributed by atoms with van der Waals surface area (Å²) in [6.45, 7) is 7.99. The molecular weight excluding hydrogens is 182 g/mol. The summed E-state index contributed by atoms with van der Waals surface area (Å²) in [7, 11) is 2.21. The molecule has 0 aromatic heterocycles. The highest BCUT2D eigenvalue weighted by Gasteiger charge is 2.16.